The van der Waals surface area contributed by atoms with Gasteiger partial charge in [0.05, 0.1) is 12.2 Å². The molecule has 26 heavy (non-hydrogen) atoms. The van der Waals surface area contributed by atoms with Crippen molar-refractivity contribution in [3.05, 3.63) is 59.7 Å². The van der Waals surface area contributed by atoms with E-state index in [1.54, 1.807) is 31.3 Å². The number of anilines is 1. The van der Waals surface area contributed by atoms with Gasteiger partial charge in [-0.25, -0.2) is 4.99 Å². The molecule has 0 saturated carbocycles. The van der Waals surface area contributed by atoms with Crippen molar-refractivity contribution in [2.45, 2.75) is 0 Å². The number of carbonyl (C=O) groups excluding carboxylic acids is 2. The fourth-order valence-electron chi connectivity index (χ4n) is 3.00. The topological polar surface area (TPSA) is 77.4 Å². The standard InChI is InChI=1S/C19H17N5O2/c1-23(12-25)14-8-6-13(7-9-14)18(26)22-19-21-16-5-3-2-4-15(16)17-20-10-11-24(17)19/h2-9,12H,10-11H2,1H3,(H,21,22,26). The van der Waals surface area contributed by atoms with Gasteiger partial charge in [0.15, 0.2) is 0 Å². The molecule has 2 amide bonds. The maximum absolute atomic E-state index is 12.6. The van der Waals surface area contributed by atoms with Gasteiger partial charge in [0.1, 0.15) is 5.84 Å². The predicted octanol–water partition coefficient (Wildman–Crippen LogP) is 1.77. The minimum atomic E-state index is -0.255. The zero-order valence-corrected chi connectivity index (χ0v) is 14.2. The molecular weight excluding hydrogens is 330 g/mol. The summed E-state index contributed by atoms with van der Waals surface area (Å²) in [5, 5.41) is 2.88. The number of carbonyl (C=O) groups is 2. The number of rotatable bonds is 3. The lowest BCUT2D eigenvalue weighted by Crippen LogP contribution is -2.47. The van der Waals surface area contributed by atoms with Crippen molar-refractivity contribution in [3.8, 4) is 0 Å². The minimum Gasteiger partial charge on any atom is -0.318 e. The highest BCUT2D eigenvalue weighted by molar-refractivity contribution is 6.19. The third-order valence-corrected chi connectivity index (χ3v) is 4.39. The Morgan fingerprint density at radius 2 is 1.96 bits per heavy atom. The van der Waals surface area contributed by atoms with Crippen molar-refractivity contribution in [1.82, 2.24) is 10.2 Å². The molecule has 0 aliphatic carbocycles. The van der Waals surface area contributed by atoms with E-state index in [4.69, 9.17) is 0 Å². The summed E-state index contributed by atoms with van der Waals surface area (Å²) >= 11 is 0. The van der Waals surface area contributed by atoms with Crippen LogP contribution < -0.4 is 10.2 Å². The van der Waals surface area contributed by atoms with Crippen molar-refractivity contribution in [3.63, 3.8) is 0 Å². The Balaban J connectivity index is 1.59. The number of guanidine groups is 1. The van der Waals surface area contributed by atoms with E-state index in [1.807, 2.05) is 29.2 Å². The van der Waals surface area contributed by atoms with Crippen LogP contribution in [0, 0.1) is 0 Å². The highest BCUT2D eigenvalue weighted by Crippen LogP contribution is 2.27. The molecule has 0 aromatic heterocycles. The third kappa shape index (κ3) is 2.73. The zero-order chi connectivity index (χ0) is 18.1. The molecule has 0 spiro atoms. The first-order valence-corrected chi connectivity index (χ1v) is 8.27. The van der Waals surface area contributed by atoms with E-state index in [0.717, 1.165) is 29.2 Å². The molecule has 2 aromatic rings. The van der Waals surface area contributed by atoms with E-state index in [0.29, 0.717) is 24.6 Å². The van der Waals surface area contributed by atoms with E-state index in [2.05, 4.69) is 15.3 Å². The van der Waals surface area contributed by atoms with E-state index < -0.39 is 0 Å². The molecule has 0 fully saturated rings. The normalized spacial score (nSPS) is 14.7. The van der Waals surface area contributed by atoms with Crippen molar-refractivity contribution in [2.24, 2.45) is 9.98 Å². The van der Waals surface area contributed by atoms with E-state index in [9.17, 15) is 9.59 Å². The van der Waals surface area contributed by atoms with Crippen LogP contribution in [0.15, 0.2) is 58.5 Å². The maximum atomic E-state index is 12.6. The van der Waals surface area contributed by atoms with E-state index in [-0.39, 0.29) is 5.91 Å². The van der Waals surface area contributed by atoms with Gasteiger partial charge in [-0.2, -0.15) is 0 Å². The van der Waals surface area contributed by atoms with Crippen LogP contribution >= 0.6 is 0 Å². The molecule has 1 N–H and O–H groups in total. The second-order valence-corrected chi connectivity index (χ2v) is 6.03. The molecule has 2 heterocycles. The van der Waals surface area contributed by atoms with E-state index in [1.165, 1.54) is 4.90 Å². The fraction of sp³-hybridized carbons (Fsp3) is 0.158. The molecule has 2 aromatic carbocycles. The summed E-state index contributed by atoms with van der Waals surface area (Å²) in [5.74, 6) is 1.07. The van der Waals surface area contributed by atoms with Crippen LogP contribution in [-0.2, 0) is 4.79 Å². The molecule has 7 heteroatoms. The second-order valence-electron chi connectivity index (χ2n) is 6.03. The van der Waals surface area contributed by atoms with Crippen LogP contribution in [0.3, 0.4) is 0 Å². The number of nitrogens with one attached hydrogen (secondary N) is 1. The molecule has 130 valence electrons. The van der Waals surface area contributed by atoms with Crippen LogP contribution in [0.2, 0.25) is 0 Å². The molecule has 0 unspecified atom stereocenters. The van der Waals surface area contributed by atoms with E-state index >= 15 is 0 Å². The number of nitrogens with zero attached hydrogens (tertiary/aromatic N) is 4. The van der Waals surface area contributed by atoms with Crippen molar-refractivity contribution < 1.29 is 9.59 Å². The quantitative estimate of drug-likeness (QED) is 0.860. The van der Waals surface area contributed by atoms with Gasteiger partial charge in [-0.3, -0.25) is 24.8 Å². The van der Waals surface area contributed by atoms with Crippen molar-refractivity contribution >= 4 is 35.5 Å². The molecule has 0 saturated heterocycles. The van der Waals surface area contributed by atoms with Gasteiger partial charge in [-0.05, 0) is 36.4 Å². The first-order valence-electron chi connectivity index (χ1n) is 8.27. The Kier molecular flexibility index (Phi) is 3.96. The Morgan fingerprint density at radius 3 is 2.73 bits per heavy atom. The summed E-state index contributed by atoms with van der Waals surface area (Å²) in [6.07, 6.45) is 0.720. The SMILES string of the molecule is CN(C=O)c1ccc(C(=O)NC2=Nc3ccccc3C3=NCCN23)cc1. The summed E-state index contributed by atoms with van der Waals surface area (Å²) in [5.41, 5.74) is 2.98. The number of fused-ring (bicyclic) bond motifs is 3. The van der Waals surface area contributed by atoms with Gasteiger partial charge < -0.3 is 4.90 Å². The first-order chi connectivity index (χ1) is 12.7. The summed E-state index contributed by atoms with van der Waals surface area (Å²) in [6.45, 7) is 1.36. The summed E-state index contributed by atoms with van der Waals surface area (Å²) < 4.78 is 0. The first kappa shape index (κ1) is 16.0. The number of hydrogen-bond acceptors (Lipinski definition) is 5. The van der Waals surface area contributed by atoms with Crippen LogP contribution in [-0.4, -0.2) is 49.1 Å². The lowest BCUT2D eigenvalue weighted by molar-refractivity contribution is -0.107. The smallest absolute Gasteiger partial charge is 0.257 e. The Hall–Kier alpha value is -3.48. The highest BCUT2D eigenvalue weighted by atomic mass is 16.2. The van der Waals surface area contributed by atoms with Crippen LogP contribution in [0.4, 0.5) is 11.4 Å². The Labute approximate surface area is 150 Å². The Bertz CT molecular complexity index is 933. The van der Waals surface area contributed by atoms with Crippen molar-refractivity contribution in [1.29, 1.82) is 0 Å². The fourth-order valence-corrected chi connectivity index (χ4v) is 3.00. The lowest BCUT2D eigenvalue weighted by Gasteiger charge is -2.27. The molecule has 7 nitrogen and oxygen atoms in total. The number of benzene rings is 2. The average molecular weight is 347 g/mol. The van der Waals surface area contributed by atoms with Gasteiger partial charge in [0, 0.05) is 30.4 Å². The molecule has 0 bridgehead atoms. The Morgan fingerprint density at radius 1 is 1.19 bits per heavy atom. The molecule has 0 atom stereocenters. The minimum absolute atomic E-state index is 0.255. The van der Waals surface area contributed by atoms with Gasteiger partial charge in [0.25, 0.3) is 5.91 Å². The second kappa shape index (κ2) is 6.44. The largest absolute Gasteiger partial charge is 0.318 e. The highest BCUT2D eigenvalue weighted by Gasteiger charge is 2.30. The summed E-state index contributed by atoms with van der Waals surface area (Å²) in [7, 11) is 1.66. The van der Waals surface area contributed by atoms with Gasteiger partial charge >= 0.3 is 0 Å². The number of hydrogen-bond donors (Lipinski definition) is 1. The number of amidine groups is 1. The van der Waals surface area contributed by atoms with Gasteiger partial charge in [0.2, 0.25) is 12.4 Å². The lowest BCUT2D eigenvalue weighted by atomic mass is 10.1. The summed E-state index contributed by atoms with van der Waals surface area (Å²) in [4.78, 5) is 35.9. The molecular formula is C19H17N5O2. The number of para-hydroxylation sites is 1. The number of amides is 2. The average Bonchev–Trinajstić information content (AvgIpc) is 3.18. The predicted molar refractivity (Wildman–Crippen MR) is 100 cm³/mol. The molecule has 2 aliphatic rings. The van der Waals surface area contributed by atoms with Crippen LogP contribution in [0.5, 0.6) is 0 Å². The third-order valence-electron chi connectivity index (χ3n) is 4.39. The maximum Gasteiger partial charge on any atom is 0.257 e. The number of aliphatic imine (C=N–C) groups is 2. The molecule has 2 aliphatic heterocycles. The molecule has 4 rings (SSSR count). The van der Waals surface area contributed by atoms with Gasteiger partial charge in [-0.15, -0.1) is 0 Å². The van der Waals surface area contributed by atoms with Crippen molar-refractivity contribution in [2.75, 3.05) is 25.0 Å². The molecule has 0 radical (unpaired) electrons. The van der Waals surface area contributed by atoms with Crippen LogP contribution in [0.1, 0.15) is 15.9 Å². The summed E-state index contributed by atoms with van der Waals surface area (Å²) in [6, 6.07) is 14.6. The van der Waals surface area contributed by atoms with Crippen LogP contribution in [0.25, 0.3) is 0 Å². The van der Waals surface area contributed by atoms with Gasteiger partial charge in [-0.1, -0.05) is 12.1 Å². The monoisotopic (exact) mass is 347 g/mol. The zero-order valence-electron chi connectivity index (χ0n) is 14.2.